The van der Waals surface area contributed by atoms with Crippen molar-refractivity contribution < 1.29 is 9.59 Å². The van der Waals surface area contributed by atoms with Crippen molar-refractivity contribution in [3.63, 3.8) is 0 Å². The number of carbonyl (C=O) groups excluding carboxylic acids is 2. The van der Waals surface area contributed by atoms with Crippen molar-refractivity contribution in [2.45, 2.75) is 56.9 Å². The van der Waals surface area contributed by atoms with Crippen LogP contribution in [0.25, 0.3) is 0 Å². The summed E-state index contributed by atoms with van der Waals surface area (Å²) in [6, 6.07) is 9.43. The summed E-state index contributed by atoms with van der Waals surface area (Å²) in [5.41, 5.74) is 4.13. The average molecular weight is 663 g/mol. The lowest BCUT2D eigenvalue weighted by Crippen LogP contribution is -2.10. The molecule has 2 fully saturated rings. The summed E-state index contributed by atoms with van der Waals surface area (Å²) in [7, 11) is 0. The molecule has 0 radical (unpaired) electrons. The highest BCUT2D eigenvalue weighted by atomic mass is 32.2. The van der Waals surface area contributed by atoms with Crippen molar-refractivity contribution in [2.24, 2.45) is 0 Å². The first-order valence-corrected chi connectivity index (χ1v) is 21.1. The zero-order valence-corrected chi connectivity index (χ0v) is 29.0. The highest BCUT2D eigenvalue weighted by Gasteiger charge is 2.34. The Labute approximate surface area is 263 Å². The maximum atomic E-state index is 11.8. The monoisotopic (exact) mass is 662 g/mol. The normalized spacial score (nSPS) is 24.7. The first-order valence-electron chi connectivity index (χ1n) is 12.6. The van der Waals surface area contributed by atoms with Crippen LogP contribution in [0.3, 0.4) is 0 Å². The Hall–Kier alpha value is 0.840. The van der Waals surface area contributed by atoms with Crippen LogP contribution in [-0.2, 0) is 9.59 Å². The summed E-state index contributed by atoms with van der Waals surface area (Å²) < 4.78 is 1.10. The lowest BCUT2D eigenvalue weighted by molar-refractivity contribution is -0.108. The molecule has 6 unspecified atom stereocenters. The Bertz CT molecular complexity index is 889. The van der Waals surface area contributed by atoms with Crippen LogP contribution in [0.15, 0.2) is 48.6 Å². The van der Waals surface area contributed by atoms with Gasteiger partial charge in [0.15, 0.2) is 0 Å². The largest absolute Gasteiger partial charge is 0.282 e. The number of hydrogen-bond donors (Lipinski definition) is 0. The fourth-order valence-electron chi connectivity index (χ4n) is 4.06. The van der Waals surface area contributed by atoms with E-state index < -0.39 is 0 Å². The molecule has 3 rings (SSSR count). The summed E-state index contributed by atoms with van der Waals surface area (Å²) in [4.78, 5) is 23.7. The molecule has 6 atom stereocenters. The van der Waals surface area contributed by atoms with Gasteiger partial charge in [-0.1, -0.05) is 60.9 Å². The predicted octanol–water partition coefficient (Wildman–Crippen LogP) is 9.30. The van der Waals surface area contributed by atoms with Crippen molar-refractivity contribution in [1.82, 2.24) is 0 Å². The van der Waals surface area contributed by atoms with Gasteiger partial charge in [0.2, 0.25) is 10.2 Å². The molecule has 0 saturated carbocycles. The van der Waals surface area contributed by atoms with Crippen LogP contribution in [0.2, 0.25) is 0 Å². The van der Waals surface area contributed by atoms with Crippen molar-refractivity contribution in [1.29, 1.82) is 0 Å². The van der Waals surface area contributed by atoms with E-state index in [4.69, 9.17) is 0 Å². The minimum Gasteiger partial charge on any atom is -0.282 e. The highest BCUT2D eigenvalue weighted by molar-refractivity contribution is 8.22. The zero-order valence-electron chi connectivity index (χ0n) is 22.5. The van der Waals surface area contributed by atoms with E-state index in [-0.39, 0.29) is 10.2 Å². The van der Waals surface area contributed by atoms with E-state index in [1.807, 2.05) is 23.5 Å². The van der Waals surface area contributed by atoms with Crippen LogP contribution in [0.4, 0.5) is 0 Å². The van der Waals surface area contributed by atoms with Crippen molar-refractivity contribution in [3.8, 4) is 0 Å². The topological polar surface area (TPSA) is 34.1 Å². The van der Waals surface area contributed by atoms with E-state index in [0.717, 1.165) is 35.9 Å². The molecule has 2 saturated heterocycles. The Kier molecular flexibility index (Phi) is 15.0. The van der Waals surface area contributed by atoms with Crippen LogP contribution in [0.5, 0.6) is 0 Å². The van der Waals surface area contributed by atoms with Gasteiger partial charge < -0.3 is 0 Å². The van der Waals surface area contributed by atoms with Gasteiger partial charge >= 0.3 is 0 Å². The Morgan fingerprint density at radius 1 is 0.789 bits per heavy atom. The fourth-order valence-corrected chi connectivity index (χ4v) is 16.3. The average Bonchev–Trinajstić information content (AvgIpc) is 3.56. The van der Waals surface area contributed by atoms with Crippen molar-refractivity contribution >= 4 is 104 Å². The quantitative estimate of drug-likeness (QED) is 0.180. The smallest absolute Gasteiger partial charge is 0.214 e. The predicted molar refractivity (Wildman–Crippen MR) is 188 cm³/mol. The number of thioether (sulfide) groups is 8. The van der Waals surface area contributed by atoms with Gasteiger partial charge in [0.05, 0.1) is 19.7 Å². The number of carbonyl (C=O) groups is 2. The molecule has 0 amide bonds. The first-order chi connectivity index (χ1) is 18.2. The van der Waals surface area contributed by atoms with Gasteiger partial charge in [-0.15, -0.1) is 47.0 Å². The Morgan fingerprint density at radius 2 is 1.16 bits per heavy atom. The molecule has 2 aliphatic heterocycles. The number of hydrogen-bond acceptors (Lipinski definition) is 10. The minimum atomic E-state index is 0.127. The van der Waals surface area contributed by atoms with Crippen LogP contribution >= 0.6 is 94.1 Å². The van der Waals surface area contributed by atoms with Gasteiger partial charge in [-0.25, -0.2) is 0 Å². The molecular weight excluding hydrogens is 625 g/mol. The maximum absolute atomic E-state index is 11.8. The summed E-state index contributed by atoms with van der Waals surface area (Å²) in [5.74, 6) is 4.10. The van der Waals surface area contributed by atoms with Gasteiger partial charge in [0.25, 0.3) is 0 Å². The fraction of sp³-hybridized carbons (Fsp3) is 0.571. The third-order valence-corrected chi connectivity index (χ3v) is 18.0. The van der Waals surface area contributed by atoms with E-state index >= 15 is 0 Å². The molecule has 0 aromatic heterocycles. The number of benzene rings is 1. The molecule has 38 heavy (non-hydrogen) atoms. The van der Waals surface area contributed by atoms with E-state index in [0.29, 0.717) is 41.3 Å². The summed E-state index contributed by atoms with van der Waals surface area (Å²) in [5, 5.41) is 2.43. The molecule has 0 bridgehead atoms. The van der Waals surface area contributed by atoms with Crippen LogP contribution in [0.1, 0.15) is 48.3 Å². The standard InChI is InChI=1S/C28H38O2S8/c1-17(2)25(29)33-13-11-21-15-35-27(37-21)23(31-5)19-7-9-20(10-8-19)24(32-6)28-36-16-22(38-28)12-14-34-26(30)18(3)4/h7-10,21-24,27-28H,1,3,11-16H2,2,4-6H3. The molecule has 0 spiro atoms. The molecule has 1 aromatic rings. The van der Waals surface area contributed by atoms with Gasteiger partial charge in [-0.05, 0) is 61.5 Å². The van der Waals surface area contributed by atoms with E-state index in [1.54, 1.807) is 13.8 Å². The second-order valence-electron chi connectivity index (χ2n) is 9.31. The first kappa shape index (κ1) is 33.3. The molecule has 2 aliphatic rings. The lowest BCUT2D eigenvalue weighted by Gasteiger charge is -2.24. The van der Waals surface area contributed by atoms with E-state index in [2.05, 4.69) is 97.0 Å². The minimum absolute atomic E-state index is 0.127. The molecule has 10 heteroatoms. The van der Waals surface area contributed by atoms with Crippen LogP contribution in [-0.4, -0.2) is 65.4 Å². The zero-order chi connectivity index (χ0) is 27.7. The third-order valence-electron chi connectivity index (χ3n) is 6.18. The molecule has 0 N–H and O–H groups in total. The SMILES string of the molecule is C=C(C)C(=O)SCCC1CSC(C(SC)c2ccc(C(SC)C3SCC(CCSC(=O)C(=C)C)S3)cc2)S1. The van der Waals surface area contributed by atoms with Gasteiger partial charge in [-0.3, -0.25) is 9.59 Å². The van der Waals surface area contributed by atoms with Gasteiger partial charge in [0, 0.05) is 33.5 Å². The summed E-state index contributed by atoms with van der Waals surface area (Å²) in [6.07, 6.45) is 6.61. The van der Waals surface area contributed by atoms with Crippen molar-refractivity contribution in [2.75, 3.05) is 35.5 Å². The lowest BCUT2D eigenvalue weighted by atomic mass is 10.1. The third kappa shape index (κ3) is 9.99. The Balaban J connectivity index is 1.51. The van der Waals surface area contributed by atoms with Crippen molar-refractivity contribution in [3.05, 3.63) is 59.7 Å². The van der Waals surface area contributed by atoms with E-state index in [9.17, 15) is 9.59 Å². The van der Waals surface area contributed by atoms with Gasteiger partial charge in [0.1, 0.15) is 0 Å². The summed E-state index contributed by atoms with van der Waals surface area (Å²) in [6.45, 7) is 11.1. The molecule has 2 heterocycles. The second kappa shape index (κ2) is 17.1. The van der Waals surface area contributed by atoms with Crippen LogP contribution < -0.4 is 0 Å². The maximum Gasteiger partial charge on any atom is 0.214 e. The molecule has 210 valence electrons. The Morgan fingerprint density at radius 3 is 1.47 bits per heavy atom. The van der Waals surface area contributed by atoms with E-state index in [1.165, 1.54) is 34.7 Å². The van der Waals surface area contributed by atoms with Gasteiger partial charge in [-0.2, -0.15) is 23.5 Å². The highest BCUT2D eigenvalue weighted by Crippen LogP contribution is 2.52. The molecular formula is C28H38O2S8. The second-order valence-corrected chi connectivity index (χ2v) is 19.2. The number of rotatable bonds is 14. The molecule has 2 nitrogen and oxygen atoms in total. The summed E-state index contributed by atoms with van der Waals surface area (Å²) >= 11 is 15.1. The van der Waals surface area contributed by atoms with Crippen LogP contribution in [0, 0.1) is 0 Å². The molecule has 1 aromatic carbocycles. The molecule has 0 aliphatic carbocycles.